The highest BCUT2D eigenvalue weighted by molar-refractivity contribution is 7.15. The van der Waals surface area contributed by atoms with E-state index in [1.165, 1.54) is 16.2 Å². The molecule has 0 bridgehead atoms. The molecule has 1 amide bonds. The molecule has 6 nitrogen and oxygen atoms in total. The van der Waals surface area contributed by atoms with Crippen molar-refractivity contribution < 1.29 is 24.2 Å². The smallest absolute Gasteiger partial charge is 0.329 e. The van der Waals surface area contributed by atoms with E-state index in [4.69, 9.17) is 9.84 Å². The summed E-state index contributed by atoms with van der Waals surface area (Å²) in [7, 11) is 0. The largest absolute Gasteiger partial charge is 0.458 e. The quantitative estimate of drug-likeness (QED) is 0.456. The van der Waals surface area contributed by atoms with Crippen molar-refractivity contribution in [3.05, 3.63) is 28.0 Å². The molecule has 0 aliphatic carbocycles. The molecule has 2 atom stereocenters. The first-order valence-corrected chi connectivity index (χ1v) is 9.91. The molecule has 1 unspecified atom stereocenters. The molecule has 1 aromatic rings. The SMILES string of the molecule is C[C@H](/C=C/c1ccc(C(=O)C(=O)N2CCCC2C(=O)OC(C)(C)C)s1)CO. The summed E-state index contributed by atoms with van der Waals surface area (Å²) in [5.41, 5.74) is -0.640. The van der Waals surface area contributed by atoms with Crippen molar-refractivity contribution in [1.82, 2.24) is 4.90 Å². The zero-order chi connectivity index (χ0) is 20.2. The summed E-state index contributed by atoms with van der Waals surface area (Å²) in [6.07, 6.45) is 4.85. The summed E-state index contributed by atoms with van der Waals surface area (Å²) in [4.78, 5) is 40.1. The highest BCUT2D eigenvalue weighted by Gasteiger charge is 2.39. The molecule has 0 radical (unpaired) electrons. The first kappa shape index (κ1) is 21.3. The van der Waals surface area contributed by atoms with E-state index < -0.39 is 29.3 Å². The lowest BCUT2D eigenvalue weighted by Crippen LogP contribution is -2.46. The fraction of sp³-hybridized carbons (Fsp3) is 0.550. The van der Waals surface area contributed by atoms with Crippen molar-refractivity contribution in [2.75, 3.05) is 13.2 Å². The molecule has 1 N–H and O–H groups in total. The second-order valence-electron chi connectivity index (χ2n) is 7.74. The van der Waals surface area contributed by atoms with E-state index in [9.17, 15) is 14.4 Å². The van der Waals surface area contributed by atoms with Gasteiger partial charge in [-0.05, 0) is 57.7 Å². The number of hydrogen-bond donors (Lipinski definition) is 1. The molecule has 0 aromatic carbocycles. The van der Waals surface area contributed by atoms with Gasteiger partial charge in [-0.15, -0.1) is 11.3 Å². The number of ether oxygens (including phenoxy) is 1. The molecule has 1 aliphatic heterocycles. The van der Waals surface area contributed by atoms with Crippen LogP contribution in [-0.2, 0) is 14.3 Å². The van der Waals surface area contributed by atoms with Gasteiger partial charge in [0.1, 0.15) is 11.6 Å². The van der Waals surface area contributed by atoms with Crippen LogP contribution in [0.25, 0.3) is 6.08 Å². The summed E-state index contributed by atoms with van der Waals surface area (Å²) in [5.74, 6) is -1.71. The van der Waals surface area contributed by atoms with Gasteiger partial charge in [-0.2, -0.15) is 0 Å². The number of carbonyl (C=O) groups is 3. The second-order valence-corrected chi connectivity index (χ2v) is 8.86. The van der Waals surface area contributed by atoms with Crippen LogP contribution in [0.5, 0.6) is 0 Å². The van der Waals surface area contributed by atoms with Crippen molar-refractivity contribution in [1.29, 1.82) is 0 Å². The summed E-state index contributed by atoms with van der Waals surface area (Å²) < 4.78 is 5.39. The number of ketones is 1. The summed E-state index contributed by atoms with van der Waals surface area (Å²) >= 11 is 1.22. The monoisotopic (exact) mass is 393 g/mol. The molecule has 1 fully saturated rings. The normalized spacial score (nSPS) is 18.7. The minimum Gasteiger partial charge on any atom is -0.458 e. The Kier molecular flexibility index (Phi) is 6.95. The Bertz CT molecular complexity index is 731. The molecule has 2 heterocycles. The number of carbonyl (C=O) groups excluding carboxylic acids is 3. The molecule has 2 rings (SSSR count). The summed E-state index contributed by atoms with van der Waals surface area (Å²) in [6, 6.07) is 2.68. The maximum Gasteiger partial charge on any atom is 0.329 e. The van der Waals surface area contributed by atoms with Crippen LogP contribution in [0.15, 0.2) is 18.2 Å². The van der Waals surface area contributed by atoms with E-state index in [2.05, 4.69) is 0 Å². The van der Waals surface area contributed by atoms with E-state index >= 15 is 0 Å². The first-order valence-electron chi connectivity index (χ1n) is 9.09. The van der Waals surface area contributed by atoms with Crippen LogP contribution >= 0.6 is 11.3 Å². The number of rotatable bonds is 6. The van der Waals surface area contributed by atoms with Crippen LogP contribution in [0.1, 0.15) is 55.1 Å². The first-order chi connectivity index (χ1) is 12.6. The minimum absolute atomic E-state index is 0.0204. The fourth-order valence-corrected chi connectivity index (χ4v) is 3.60. The van der Waals surface area contributed by atoms with Crippen LogP contribution in [0.3, 0.4) is 0 Å². The number of Topliss-reactive ketones (excluding diaryl/α,β-unsaturated/α-hetero) is 1. The molecule has 148 valence electrons. The molecular weight excluding hydrogens is 366 g/mol. The predicted octanol–water partition coefficient (Wildman–Crippen LogP) is 2.91. The fourth-order valence-electron chi connectivity index (χ4n) is 2.74. The Labute approximate surface area is 163 Å². The van der Waals surface area contributed by atoms with Gasteiger partial charge in [-0.25, -0.2) is 4.79 Å². The number of likely N-dealkylation sites (tertiary alicyclic amines) is 1. The van der Waals surface area contributed by atoms with Crippen molar-refractivity contribution in [3.63, 3.8) is 0 Å². The topological polar surface area (TPSA) is 83.9 Å². The van der Waals surface area contributed by atoms with Crippen LogP contribution in [0.2, 0.25) is 0 Å². The molecule has 1 aliphatic rings. The van der Waals surface area contributed by atoms with Gasteiger partial charge in [0.2, 0.25) is 0 Å². The van der Waals surface area contributed by atoms with Gasteiger partial charge >= 0.3 is 5.97 Å². The van der Waals surface area contributed by atoms with Gasteiger partial charge in [-0.1, -0.05) is 13.0 Å². The van der Waals surface area contributed by atoms with Gasteiger partial charge in [0.05, 0.1) is 4.88 Å². The lowest BCUT2D eigenvalue weighted by atomic mass is 10.1. The average Bonchev–Trinajstić information content (AvgIpc) is 3.26. The van der Waals surface area contributed by atoms with Gasteiger partial charge in [0.15, 0.2) is 0 Å². The maximum atomic E-state index is 12.7. The van der Waals surface area contributed by atoms with Crippen LogP contribution < -0.4 is 0 Å². The van der Waals surface area contributed by atoms with Gasteiger partial charge in [0.25, 0.3) is 11.7 Å². The zero-order valence-electron chi connectivity index (χ0n) is 16.2. The van der Waals surface area contributed by atoms with Crippen LogP contribution in [-0.4, -0.2) is 52.5 Å². The van der Waals surface area contributed by atoms with Gasteiger partial charge in [0, 0.05) is 18.0 Å². The highest BCUT2D eigenvalue weighted by atomic mass is 32.1. The number of esters is 1. The molecule has 27 heavy (non-hydrogen) atoms. The van der Waals surface area contributed by atoms with E-state index in [1.807, 2.05) is 19.1 Å². The highest BCUT2D eigenvalue weighted by Crippen LogP contribution is 2.24. The molecular formula is C20H27NO5S. The predicted molar refractivity (Wildman–Crippen MR) is 105 cm³/mol. The van der Waals surface area contributed by atoms with E-state index in [-0.39, 0.29) is 12.5 Å². The van der Waals surface area contributed by atoms with Crippen molar-refractivity contribution in [2.24, 2.45) is 5.92 Å². The number of nitrogens with zero attached hydrogens (tertiary/aromatic N) is 1. The number of thiophene rings is 1. The Hall–Kier alpha value is -1.99. The van der Waals surface area contributed by atoms with Crippen LogP contribution in [0, 0.1) is 5.92 Å². The molecule has 7 heteroatoms. The standard InChI is InChI=1S/C20H27NO5S/c1-13(12-22)7-8-14-9-10-16(27-14)17(23)18(24)21-11-5-6-15(21)19(25)26-20(2,3)4/h7-10,13,15,22H,5-6,11-12H2,1-4H3/b8-7+/t13-,15?/m1/s1. The van der Waals surface area contributed by atoms with Crippen molar-refractivity contribution in [3.8, 4) is 0 Å². The lowest BCUT2D eigenvalue weighted by Gasteiger charge is -2.26. The number of hydrogen-bond acceptors (Lipinski definition) is 6. The Morgan fingerprint density at radius 3 is 2.70 bits per heavy atom. The third-order valence-corrected chi connectivity index (χ3v) is 5.16. The maximum absolute atomic E-state index is 12.7. The van der Waals surface area contributed by atoms with E-state index in [0.29, 0.717) is 24.3 Å². The van der Waals surface area contributed by atoms with Crippen molar-refractivity contribution in [2.45, 2.75) is 52.2 Å². The summed E-state index contributed by atoms with van der Waals surface area (Å²) in [5, 5.41) is 9.05. The average molecular weight is 394 g/mol. The minimum atomic E-state index is -0.703. The van der Waals surface area contributed by atoms with Gasteiger partial charge in [-0.3, -0.25) is 9.59 Å². The third-order valence-electron chi connectivity index (χ3n) is 4.11. The van der Waals surface area contributed by atoms with Crippen LogP contribution in [0.4, 0.5) is 0 Å². The van der Waals surface area contributed by atoms with E-state index in [0.717, 1.165) is 4.88 Å². The Morgan fingerprint density at radius 1 is 1.37 bits per heavy atom. The third kappa shape index (κ3) is 5.74. The summed E-state index contributed by atoms with van der Waals surface area (Å²) in [6.45, 7) is 7.62. The number of aliphatic hydroxyl groups excluding tert-OH is 1. The van der Waals surface area contributed by atoms with Gasteiger partial charge < -0.3 is 14.7 Å². The molecule has 1 aromatic heterocycles. The van der Waals surface area contributed by atoms with Crippen molar-refractivity contribution >= 4 is 35.1 Å². The zero-order valence-corrected chi connectivity index (χ0v) is 17.0. The molecule has 0 spiro atoms. The lowest BCUT2D eigenvalue weighted by molar-refractivity contribution is -0.162. The molecule has 0 saturated carbocycles. The second kappa shape index (κ2) is 8.80. The molecule has 1 saturated heterocycles. The number of amides is 1. The Balaban J connectivity index is 2.08. The van der Waals surface area contributed by atoms with E-state index in [1.54, 1.807) is 32.9 Å². The number of aliphatic hydroxyl groups is 1. The Morgan fingerprint density at radius 2 is 2.07 bits per heavy atom.